The van der Waals surface area contributed by atoms with Crippen LogP contribution in [-0.2, 0) is 16.5 Å². The van der Waals surface area contributed by atoms with Crippen molar-refractivity contribution >= 4 is 11.4 Å². The van der Waals surface area contributed by atoms with Crippen molar-refractivity contribution in [3.8, 4) is 0 Å². The zero-order valence-electron chi connectivity index (χ0n) is 8.94. The molecular weight excluding hydrogens is 255 g/mol. The Morgan fingerprint density at radius 2 is 0.765 bits per heavy atom. The molecule has 2 aromatic carbocycles. The maximum Gasteiger partial charge on any atom is 0.0698 e. The predicted octanol–water partition coefficient (Wildman–Crippen LogP) is 2.83. The van der Waals surface area contributed by atoms with Crippen LogP contribution in [0.25, 0.3) is 0 Å². The number of hydrogen-bond donors (Lipinski definition) is 2. The second kappa shape index (κ2) is 4.27. The first-order chi connectivity index (χ1) is 7.79. The Balaban J connectivity index is 0.00000108. The Morgan fingerprint density at radius 3 is 1.00 bits per heavy atom. The second-order valence-corrected chi connectivity index (χ2v) is 3.84. The van der Waals surface area contributed by atoms with Gasteiger partial charge in [0.05, 0.1) is 11.4 Å². The van der Waals surface area contributed by atoms with Gasteiger partial charge in [0.2, 0.25) is 0 Å². The van der Waals surface area contributed by atoms with Crippen LogP contribution in [0.15, 0.2) is 48.5 Å². The second-order valence-electron chi connectivity index (χ2n) is 3.84. The Labute approximate surface area is 110 Å². The zero-order valence-corrected chi connectivity index (χ0v) is 9.92. The van der Waals surface area contributed by atoms with Gasteiger partial charge in [0.15, 0.2) is 0 Å². The third-order valence-electron chi connectivity index (χ3n) is 2.93. The first-order valence-electron chi connectivity index (χ1n) is 5.15. The van der Waals surface area contributed by atoms with Gasteiger partial charge in [-0.2, -0.15) is 0 Å². The molecule has 3 rings (SSSR count). The molecule has 2 nitrogen and oxygen atoms in total. The summed E-state index contributed by atoms with van der Waals surface area (Å²) in [7, 11) is 0. The van der Waals surface area contributed by atoms with E-state index in [1.807, 2.05) is 48.5 Å². The van der Waals surface area contributed by atoms with Crippen molar-refractivity contribution < 1.29 is 16.5 Å². The van der Waals surface area contributed by atoms with Crippen molar-refractivity contribution in [1.82, 2.24) is 0 Å². The van der Waals surface area contributed by atoms with E-state index < -0.39 is 0 Å². The van der Waals surface area contributed by atoms with Gasteiger partial charge in [-0.3, -0.25) is 10.8 Å². The van der Waals surface area contributed by atoms with E-state index in [4.69, 9.17) is 10.8 Å². The molecule has 17 heavy (non-hydrogen) atoms. The van der Waals surface area contributed by atoms with E-state index in [1.54, 1.807) is 0 Å². The molecule has 0 bridgehead atoms. The average Bonchev–Trinajstić information content (AvgIpc) is 2.36. The van der Waals surface area contributed by atoms with E-state index >= 15 is 0 Å². The topological polar surface area (TPSA) is 47.7 Å². The summed E-state index contributed by atoms with van der Waals surface area (Å²) in [5.74, 6) is 0. The van der Waals surface area contributed by atoms with Crippen molar-refractivity contribution in [2.45, 2.75) is 0 Å². The summed E-state index contributed by atoms with van der Waals surface area (Å²) in [4.78, 5) is 0. The minimum absolute atomic E-state index is 0. The molecule has 1 aliphatic carbocycles. The monoisotopic (exact) mass is 264 g/mol. The molecule has 2 aromatic rings. The van der Waals surface area contributed by atoms with Crippen LogP contribution >= 0.6 is 0 Å². The van der Waals surface area contributed by atoms with Crippen LogP contribution < -0.4 is 0 Å². The molecule has 2 N–H and O–H groups in total. The Kier molecular flexibility index (Phi) is 2.95. The van der Waals surface area contributed by atoms with E-state index in [9.17, 15) is 0 Å². The molecule has 1 aliphatic rings. The molecule has 0 amide bonds. The molecule has 0 saturated heterocycles. The average molecular weight is 265 g/mol. The van der Waals surface area contributed by atoms with E-state index in [-0.39, 0.29) is 16.5 Å². The van der Waals surface area contributed by atoms with Crippen molar-refractivity contribution in [3.63, 3.8) is 0 Å². The maximum absolute atomic E-state index is 8.15. The van der Waals surface area contributed by atoms with Crippen LogP contribution in [-0.4, -0.2) is 11.4 Å². The first-order valence-corrected chi connectivity index (χ1v) is 5.15. The maximum atomic E-state index is 8.15. The van der Waals surface area contributed by atoms with Crippen molar-refractivity contribution in [2.24, 2.45) is 0 Å². The van der Waals surface area contributed by atoms with Gasteiger partial charge >= 0.3 is 0 Å². The van der Waals surface area contributed by atoms with Crippen LogP contribution in [0.4, 0.5) is 0 Å². The fourth-order valence-corrected chi connectivity index (χ4v) is 2.13. The summed E-state index contributed by atoms with van der Waals surface area (Å²) in [5, 5.41) is 16.3. The summed E-state index contributed by atoms with van der Waals surface area (Å²) in [6.07, 6.45) is 0. The molecule has 0 radical (unpaired) electrons. The summed E-state index contributed by atoms with van der Waals surface area (Å²) >= 11 is 0. The molecule has 0 spiro atoms. The van der Waals surface area contributed by atoms with Gasteiger partial charge < -0.3 is 0 Å². The summed E-state index contributed by atoms with van der Waals surface area (Å²) in [6.45, 7) is 0. The molecule has 3 heteroatoms. The molecule has 0 atom stereocenters. The van der Waals surface area contributed by atoms with Crippen LogP contribution in [0.1, 0.15) is 22.3 Å². The molecule has 0 aromatic heterocycles. The largest absolute Gasteiger partial charge is 0.300 e. The number of nitrogens with one attached hydrogen (secondary N) is 2. The van der Waals surface area contributed by atoms with Crippen LogP contribution in [0.5, 0.6) is 0 Å². The minimum atomic E-state index is 0. The smallest absolute Gasteiger partial charge is 0.0698 e. The molecule has 0 saturated carbocycles. The van der Waals surface area contributed by atoms with E-state index in [2.05, 4.69) is 0 Å². The van der Waals surface area contributed by atoms with E-state index in [0.29, 0.717) is 11.4 Å². The fourth-order valence-electron chi connectivity index (χ4n) is 2.13. The van der Waals surface area contributed by atoms with Crippen LogP contribution in [0, 0.1) is 10.8 Å². The molecular formula is C14H10N2Ni. The van der Waals surface area contributed by atoms with E-state index in [0.717, 1.165) is 22.3 Å². The summed E-state index contributed by atoms with van der Waals surface area (Å²) in [6, 6.07) is 15.3. The Morgan fingerprint density at radius 1 is 0.529 bits per heavy atom. The van der Waals surface area contributed by atoms with Gasteiger partial charge in [-0.15, -0.1) is 0 Å². The third kappa shape index (κ3) is 1.63. The van der Waals surface area contributed by atoms with Gasteiger partial charge in [0.1, 0.15) is 0 Å². The Hall–Kier alpha value is -1.73. The van der Waals surface area contributed by atoms with Crippen LogP contribution in [0.2, 0.25) is 0 Å². The molecule has 0 fully saturated rings. The normalized spacial score (nSPS) is 12.5. The molecule has 0 heterocycles. The molecule has 86 valence electrons. The number of fused-ring (bicyclic) bond motifs is 2. The molecule has 0 aliphatic heterocycles. The van der Waals surface area contributed by atoms with Gasteiger partial charge in [-0.1, -0.05) is 48.5 Å². The predicted molar refractivity (Wildman–Crippen MR) is 64.7 cm³/mol. The summed E-state index contributed by atoms with van der Waals surface area (Å²) in [5.41, 5.74) is 4.44. The Bertz CT molecular complexity index is 512. The van der Waals surface area contributed by atoms with Gasteiger partial charge in [-0.25, -0.2) is 0 Å². The number of hydrogen-bond acceptors (Lipinski definition) is 2. The third-order valence-corrected chi connectivity index (χ3v) is 2.93. The van der Waals surface area contributed by atoms with Crippen molar-refractivity contribution in [3.05, 3.63) is 70.8 Å². The number of benzene rings is 2. The van der Waals surface area contributed by atoms with Gasteiger partial charge in [0.25, 0.3) is 0 Å². The standard InChI is InChI=1S/C14H10N2.Ni/c15-13-9-5-1-2-6-10(9)14(16)12-8-4-3-7-11(12)13;/h1-8,15-16H;. The minimum Gasteiger partial charge on any atom is -0.300 e. The summed E-state index contributed by atoms with van der Waals surface area (Å²) < 4.78 is 0. The first kappa shape index (κ1) is 11.7. The van der Waals surface area contributed by atoms with Gasteiger partial charge in [0, 0.05) is 38.7 Å². The fraction of sp³-hybridized carbons (Fsp3) is 0. The zero-order chi connectivity index (χ0) is 11.1. The van der Waals surface area contributed by atoms with Crippen molar-refractivity contribution in [1.29, 1.82) is 10.8 Å². The SMILES string of the molecule is N=C1c2ccccc2C(=N)c2ccccc21.[Ni]. The quantitative estimate of drug-likeness (QED) is 0.587. The molecule has 0 unspecified atom stereocenters. The van der Waals surface area contributed by atoms with Crippen LogP contribution in [0.3, 0.4) is 0 Å². The number of rotatable bonds is 0. The van der Waals surface area contributed by atoms with Crippen molar-refractivity contribution in [2.75, 3.05) is 0 Å². The van der Waals surface area contributed by atoms with Gasteiger partial charge in [-0.05, 0) is 0 Å². The van der Waals surface area contributed by atoms with E-state index in [1.165, 1.54) is 0 Å².